The van der Waals surface area contributed by atoms with E-state index in [1.165, 1.54) is 18.3 Å². The van der Waals surface area contributed by atoms with Gasteiger partial charge in [0.25, 0.3) is 0 Å². The Hall–Kier alpha value is -2.70. The van der Waals surface area contributed by atoms with Crippen molar-refractivity contribution in [3.05, 3.63) is 70.1 Å². The second-order valence-electron chi connectivity index (χ2n) is 6.46. The fourth-order valence-corrected chi connectivity index (χ4v) is 3.60. The Morgan fingerprint density at radius 3 is 2.43 bits per heavy atom. The normalized spacial score (nSPS) is 11.7. The SMILES string of the molecule is CC(=O)NC(CC(=O)Nc1nc(-c2ccc(Cl)cc2)cs1)c1ccc(C)cc1. The number of benzene rings is 2. The van der Waals surface area contributed by atoms with Gasteiger partial charge in [0.1, 0.15) is 0 Å². The second-order valence-corrected chi connectivity index (χ2v) is 7.76. The van der Waals surface area contributed by atoms with Crippen LogP contribution in [0.25, 0.3) is 11.3 Å². The maximum Gasteiger partial charge on any atom is 0.228 e. The van der Waals surface area contributed by atoms with Crippen LogP contribution in [0, 0.1) is 6.92 Å². The topological polar surface area (TPSA) is 71.1 Å². The van der Waals surface area contributed by atoms with Crippen molar-refractivity contribution in [1.29, 1.82) is 0 Å². The van der Waals surface area contributed by atoms with E-state index in [1.54, 1.807) is 12.1 Å². The summed E-state index contributed by atoms with van der Waals surface area (Å²) in [6.45, 7) is 3.43. The van der Waals surface area contributed by atoms with Crippen LogP contribution in [0.15, 0.2) is 53.9 Å². The number of carbonyl (C=O) groups excluding carboxylic acids is 2. The molecule has 2 amide bonds. The molecular formula is C21H20ClN3O2S. The summed E-state index contributed by atoms with van der Waals surface area (Å²) in [5.41, 5.74) is 3.70. The van der Waals surface area contributed by atoms with Crippen LogP contribution in [0.3, 0.4) is 0 Å². The van der Waals surface area contributed by atoms with Gasteiger partial charge in [-0.3, -0.25) is 9.59 Å². The van der Waals surface area contributed by atoms with Gasteiger partial charge in [-0.15, -0.1) is 11.3 Å². The number of thiazole rings is 1. The maximum atomic E-state index is 12.5. The number of nitrogens with one attached hydrogen (secondary N) is 2. The largest absolute Gasteiger partial charge is 0.349 e. The zero-order valence-electron chi connectivity index (χ0n) is 15.5. The van der Waals surface area contributed by atoms with E-state index < -0.39 is 6.04 Å². The Morgan fingerprint density at radius 2 is 1.79 bits per heavy atom. The molecule has 3 aromatic rings. The lowest BCUT2D eigenvalue weighted by molar-refractivity contribution is -0.120. The first-order valence-corrected chi connectivity index (χ1v) is 10.0. The van der Waals surface area contributed by atoms with E-state index in [4.69, 9.17) is 11.6 Å². The Morgan fingerprint density at radius 1 is 1.11 bits per heavy atom. The third-order valence-corrected chi connectivity index (χ3v) is 5.15. The number of carbonyl (C=O) groups is 2. The minimum absolute atomic E-state index is 0.124. The molecule has 7 heteroatoms. The van der Waals surface area contributed by atoms with E-state index in [0.717, 1.165) is 22.4 Å². The van der Waals surface area contributed by atoms with Crippen molar-refractivity contribution in [3.8, 4) is 11.3 Å². The summed E-state index contributed by atoms with van der Waals surface area (Å²) in [6.07, 6.45) is 0.124. The standard InChI is InChI=1S/C21H20ClN3O2S/c1-13-3-5-15(6-4-13)18(23-14(2)26)11-20(27)25-21-24-19(12-28-21)16-7-9-17(22)10-8-16/h3-10,12,18H,11H2,1-2H3,(H,23,26)(H,24,25,27). The molecule has 0 saturated heterocycles. The zero-order chi connectivity index (χ0) is 20.1. The van der Waals surface area contributed by atoms with Gasteiger partial charge >= 0.3 is 0 Å². The number of halogens is 1. The van der Waals surface area contributed by atoms with Crippen molar-refractivity contribution in [2.45, 2.75) is 26.3 Å². The minimum Gasteiger partial charge on any atom is -0.349 e. The van der Waals surface area contributed by atoms with Gasteiger partial charge in [-0.1, -0.05) is 53.6 Å². The van der Waals surface area contributed by atoms with Gasteiger partial charge in [0.2, 0.25) is 11.8 Å². The molecule has 0 fully saturated rings. The predicted molar refractivity (Wildman–Crippen MR) is 114 cm³/mol. The fraction of sp³-hybridized carbons (Fsp3) is 0.190. The summed E-state index contributed by atoms with van der Waals surface area (Å²) in [7, 11) is 0. The highest BCUT2D eigenvalue weighted by Gasteiger charge is 2.18. The number of amides is 2. The van der Waals surface area contributed by atoms with E-state index in [-0.39, 0.29) is 18.2 Å². The number of aromatic nitrogens is 1. The van der Waals surface area contributed by atoms with Crippen LogP contribution in [0.1, 0.15) is 30.5 Å². The number of hydrogen-bond donors (Lipinski definition) is 2. The Labute approximate surface area is 172 Å². The van der Waals surface area contributed by atoms with Gasteiger partial charge < -0.3 is 10.6 Å². The molecular weight excluding hydrogens is 394 g/mol. The first-order valence-electron chi connectivity index (χ1n) is 8.75. The predicted octanol–water partition coefficient (Wildman–Crippen LogP) is 4.98. The quantitative estimate of drug-likeness (QED) is 0.598. The van der Waals surface area contributed by atoms with Crippen LogP contribution in [0.4, 0.5) is 5.13 Å². The van der Waals surface area contributed by atoms with Crippen LogP contribution in [-0.2, 0) is 9.59 Å². The van der Waals surface area contributed by atoms with Crippen molar-refractivity contribution in [3.63, 3.8) is 0 Å². The molecule has 2 aromatic carbocycles. The molecule has 0 aliphatic rings. The monoisotopic (exact) mass is 413 g/mol. The molecule has 3 rings (SSSR count). The maximum absolute atomic E-state index is 12.5. The molecule has 1 aromatic heterocycles. The van der Waals surface area contributed by atoms with E-state index >= 15 is 0 Å². The van der Waals surface area contributed by atoms with E-state index in [0.29, 0.717) is 10.2 Å². The van der Waals surface area contributed by atoms with Crippen LogP contribution in [0.2, 0.25) is 5.02 Å². The fourth-order valence-electron chi connectivity index (χ4n) is 2.74. The number of rotatable bonds is 6. The molecule has 1 heterocycles. The van der Waals surface area contributed by atoms with Crippen LogP contribution >= 0.6 is 22.9 Å². The molecule has 5 nitrogen and oxygen atoms in total. The Balaban J connectivity index is 1.68. The lowest BCUT2D eigenvalue weighted by Gasteiger charge is -2.18. The van der Waals surface area contributed by atoms with Crippen LogP contribution in [0.5, 0.6) is 0 Å². The lowest BCUT2D eigenvalue weighted by atomic mass is 10.0. The van der Waals surface area contributed by atoms with Crippen molar-refractivity contribution in [1.82, 2.24) is 10.3 Å². The number of anilines is 1. The molecule has 0 spiro atoms. The molecule has 0 bridgehead atoms. The number of aryl methyl sites for hydroxylation is 1. The van der Waals surface area contributed by atoms with Crippen molar-refractivity contribution < 1.29 is 9.59 Å². The van der Waals surface area contributed by atoms with E-state index in [2.05, 4.69) is 15.6 Å². The van der Waals surface area contributed by atoms with Gasteiger partial charge in [0, 0.05) is 22.9 Å². The van der Waals surface area contributed by atoms with Crippen molar-refractivity contribution in [2.24, 2.45) is 0 Å². The number of nitrogens with zero attached hydrogens (tertiary/aromatic N) is 1. The van der Waals surface area contributed by atoms with Crippen LogP contribution in [-0.4, -0.2) is 16.8 Å². The molecule has 0 saturated carbocycles. The third-order valence-electron chi connectivity index (χ3n) is 4.14. The molecule has 0 radical (unpaired) electrons. The van der Waals surface area contributed by atoms with Gasteiger partial charge in [-0.25, -0.2) is 4.98 Å². The summed E-state index contributed by atoms with van der Waals surface area (Å²) in [6, 6.07) is 14.7. The molecule has 28 heavy (non-hydrogen) atoms. The van der Waals surface area contributed by atoms with Gasteiger partial charge in [0.15, 0.2) is 5.13 Å². The summed E-state index contributed by atoms with van der Waals surface area (Å²) in [5.74, 6) is -0.394. The lowest BCUT2D eigenvalue weighted by Crippen LogP contribution is -2.29. The highest BCUT2D eigenvalue weighted by atomic mass is 35.5. The zero-order valence-corrected chi connectivity index (χ0v) is 17.1. The van der Waals surface area contributed by atoms with Gasteiger partial charge in [-0.2, -0.15) is 0 Å². The third kappa shape index (κ3) is 5.41. The first kappa shape index (κ1) is 20.0. The highest BCUT2D eigenvalue weighted by molar-refractivity contribution is 7.14. The second kappa shape index (κ2) is 8.99. The highest BCUT2D eigenvalue weighted by Crippen LogP contribution is 2.26. The summed E-state index contributed by atoms with van der Waals surface area (Å²) in [5, 5.41) is 8.71. The molecule has 1 unspecified atom stereocenters. The van der Waals surface area contributed by atoms with Crippen molar-refractivity contribution in [2.75, 3.05) is 5.32 Å². The van der Waals surface area contributed by atoms with Crippen molar-refractivity contribution >= 4 is 39.9 Å². The minimum atomic E-state index is -0.395. The van der Waals surface area contributed by atoms with Gasteiger partial charge in [-0.05, 0) is 24.6 Å². The molecule has 1 atom stereocenters. The summed E-state index contributed by atoms with van der Waals surface area (Å²) >= 11 is 7.26. The van der Waals surface area contributed by atoms with E-state index in [1.807, 2.05) is 48.7 Å². The Bertz CT molecular complexity index is 968. The smallest absolute Gasteiger partial charge is 0.228 e. The summed E-state index contributed by atoms with van der Waals surface area (Å²) in [4.78, 5) is 28.5. The Kier molecular flexibility index (Phi) is 6.44. The van der Waals surface area contributed by atoms with E-state index in [9.17, 15) is 9.59 Å². The molecule has 144 valence electrons. The van der Waals surface area contributed by atoms with Gasteiger partial charge in [0.05, 0.1) is 18.2 Å². The molecule has 0 aliphatic heterocycles. The first-order chi connectivity index (χ1) is 13.4. The van der Waals surface area contributed by atoms with Crippen LogP contribution < -0.4 is 10.6 Å². The molecule has 2 N–H and O–H groups in total. The average Bonchev–Trinajstić information content (AvgIpc) is 3.10. The summed E-state index contributed by atoms with van der Waals surface area (Å²) < 4.78 is 0. The average molecular weight is 414 g/mol. The number of hydrogen-bond acceptors (Lipinski definition) is 4. The molecule has 0 aliphatic carbocycles.